The molecule has 4 heteroatoms. The van der Waals surface area contributed by atoms with Gasteiger partial charge in [-0.3, -0.25) is 9.69 Å². The topological polar surface area (TPSA) is 49.8 Å². The second kappa shape index (κ2) is 8.66. The third kappa shape index (κ3) is 4.28. The van der Waals surface area contributed by atoms with Crippen LogP contribution in [0.2, 0.25) is 0 Å². The van der Waals surface area contributed by atoms with Gasteiger partial charge in [0, 0.05) is 6.54 Å². The minimum atomic E-state index is -0.118. The number of hydrogen-bond donors (Lipinski definition) is 1. The summed E-state index contributed by atoms with van der Waals surface area (Å²) < 4.78 is 6.00. The molecule has 2 aliphatic rings. The number of aryl methyl sites for hydroxylation is 1. The summed E-state index contributed by atoms with van der Waals surface area (Å²) in [5, 5.41) is 10.6. The molecule has 2 heterocycles. The van der Waals surface area contributed by atoms with Crippen LogP contribution in [0.4, 0.5) is 0 Å². The number of hydrogen-bond acceptors (Lipinski definition) is 4. The normalized spacial score (nSPS) is 18.8. The summed E-state index contributed by atoms with van der Waals surface area (Å²) in [5.41, 5.74) is 3.10. The van der Waals surface area contributed by atoms with E-state index in [-0.39, 0.29) is 11.5 Å². The zero-order valence-corrected chi connectivity index (χ0v) is 16.9. The Labute approximate surface area is 172 Å². The Morgan fingerprint density at radius 1 is 1.10 bits per heavy atom. The Kier molecular flexibility index (Phi) is 5.81. The van der Waals surface area contributed by atoms with Crippen molar-refractivity contribution in [2.24, 2.45) is 0 Å². The highest BCUT2D eigenvalue weighted by Gasteiger charge is 2.33. The Morgan fingerprint density at radius 2 is 1.83 bits per heavy atom. The molecule has 0 bridgehead atoms. The van der Waals surface area contributed by atoms with Crippen LogP contribution in [0.3, 0.4) is 0 Å². The van der Waals surface area contributed by atoms with Gasteiger partial charge >= 0.3 is 0 Å². The molecule has 0 atom stereocenters. The largest absolute Gasteiger partial charge is 0.507 e. The smallest absolute Gasteiger partial charge is 0.232 e. The van der Waals surface area contributed by atoms with Crippen LogP contribution in [-0.2, 0) is 6.54 Å². The van der Waals surface area contributed by atoms with Gasteiger partial charge in [-0.1, -0.05) is 55.3 Å². The summed E-state index contributed by atoms with van der Waals surface area (Å²) >= 11 is 0. The molecule has 4 rings (SSSR count). The monoisotopic (exact) mass is 389 g/mol. The molecule has 4 nitrogen and oxygen atoms in total. The van der Waals surface area contributed by atoms with Crippen molar-refractivity contribution in [3.8, 4) is 11.5 Å². The first-order valence-corrected chi connectivity index (χ1v) is 10.4. The number of phenolic OH excluding ortho intramolecular Hbond substituents is 1. The van der Waals surface area contributed by atoms with E-state index in [0.717, 1.165) is 29.8 Å². The van der Waals surface area contributed by atoms with Gasteiger partial charge in [-0.05, 0) is 56.1 Å². The van der Waals surface area contributed by atoms with Crippen LogP contribution in [-0.4, -0.2) is 28.9 Å². The summed E-state index contributed by atoms with van der Waals surface area (Å²) in [6, 6.07) is 11.6. The molecule has 1 saturated heterocycles. The third-order valence-electron chi connectivity index (χ3n) is 5.64. The Bertz CT molecular complexity index is 952. The number of carbonyl (C=O) groups excluding carboxylic acids is 1. The lowest BCUT2D eigenvalue weighted by molar-refractivity contribution is 0.101. The minimum absolute atomic E-state index is 0.118. The number of carbonyl (C=O) groups is 1. The van der Waals surface area contributed by atoms with Gasteiger partial charge in [-0.15, -0.1) is 0 Å². The molecule has 0 aliphatic carbocycles. The van der Waals surface area contributed by atoms with E-state index >= 15 is 0 Å². The molecule has 0 spiro atoms. The van der Waals surface area contributed by atoms with E-state index < -0.39 is 0 Å². The molecule has 29 heavy (non-hydrogen) atoms. The number of allylic oxidation sites excluding steroid dienone is 3. The summed E-state index contributed by atoms with van der Waals surface area (Å²) in [6.45, 7) is 4.48. The highest BCUT2D eigenvalue weighted by atomic mass is 16.5. The molecule has 1 fully saturated rings. The van der Waals surface area contributed by atoms with E-state index in [1.165, 1.54) is 25.7 Å². The van der Waals surface area contributed by atoms with Crippen LogP contribution in [0.15, 0.2) is 54.3 Å². The van der Waals surface area contributed by atoms with Gasteiger partial charge in [0.2, 0.25) is 5.78 Å². The number of fused-ring (bicyclic) bond motifs is 1. The maximum Gasteiger partial charge on any atom is 0.232 e. The van der Waals surface area contributed by atoms with Crippen LogP contribution < -0.4 is 4.74 Å². The van der Waals surface area contributed by atoms with Crippen LogP contribution in [0.5, 0.6) is 11.5 Å². The average molecular weight is 389 g/mol. The van der Waals surface area contributed by atoms with Crippen molar-refractivity contribution in [2.45, 2.75) is 39.2 Å². The van der Waals surface area contributed by atoms with Crippen molar-refractivity contribution in [3.05, 3.63) is 76.6 Å². The number of nitrogens with zero attached hydrogens (tertiary/aromatic N) is 1. The molecule has 0 radical (unpaired) electrons. The summed E-state index contributed by atoms with van der Waals surface area (Å²) in [6.07, 6.45) is 10.3. The predicted molar refractivity (Wildman–Crippen MR) is 115 cm³/mol. The van der Waals surface area contributed by atoms with Crippen molar-refractivity contribution in [1.29, 1.82) is 0 Å². The van der Waals surface area contributed by atoms with Gasteiger partial charge in [0.1, 0.15) is 11.5 Å². The molecule has 0 aromatic heterocycles. The minimum Gasteiger partial charge on any atom is -0.507 e. The first kappa shape index (κ1) is 19.5. The molecular weight excluding hydrogens is 362 g/mol. The van der Waals surface area contributed by atoms with Crippen molar-refractivity contribution >= 4 is 11.9 Å². The average Bonchev–Trinajstić information content (AvgIpc) is 2.88. The highest BCUT2D eigenvalue weighted by molar-refractivity contribution is 6.13. The van der Waals surface area contributed by atoms with E-state index in [0.29, 0.717) is 23.6 Å². The SMILES string of the molecule is Cc1cc(O)c(CN2CCCCCC2)c2c1C(=O)/C(=C/C=C/c1ccccc1)O2. The van der Waals surface area contributed by atoms with Crippen molar-refractivity contribution in [1.82, 2.24) is 4.90 Å². The van der Waals surface area contributed by atoms with Crippen LogP contribution >= 0.6 is 0 Å². The Hall–Kier alpha value is -2.85. The molecule has 1 N–H and O–H groups in total. The summed E-state index contributed by atoms with van der Waals surface area (Å²) in [7, 11) is 0. The highest BCUT2D eigenvalue weighted by Crippen LogP contribution is 2.42. The van der Waals surface area contributed by atoms with Crippen molar-refractivity contribution in [2.75, 3.05) is 13.1 Å². The van der Waals surface area contributed by atoms with Gasteiger partial charge in [-0.25, -0.2) is 0 Å². The Balaban J connectivity index is 1.60. The van der Waals surface area contributed by atoms with Gasteiger partial charge in [0.25, 0.3) is 0 Å². The van der Waals surface area contributed by atoms with E-state index in [1.807, 2.05) is 49.4 Å². The third-order valence-corrected chi connectivity index (χ3v) is 5.64. The zero-order chi connectivity index (χ0) is 20.2. The first-order chi connectivity index (χ1) is 14.1. The van der Waals surface area contributed by atoms with Crippen LogP contribution in [0, 0.1) is 6.92 Å². The molecule has 2 aromatic rings. The first-order valence-electron chi connectivity index (χ1n) is 10.4. The van der Waals surface area contributed by atoms with E-state index in [2.05, 4.69) is 4.90 Å². The summed E-state index contributed by atoms with van der Waals surface area (Å²) in [4.78, 5) is 15.3. The number of ketones is 1. The zero-order valence-electron chi connectivity index (χ0n) is 16.9. The second-order valence-corrected chi connectivity index (χ2v) is 7.82. The quantitative estimate of drug-likeness (QED) is 0.726. The van der Waals surface area contributed by atoms with E-state index in [1.54, 1.807) is 12.1 Å². The maximum absolute atomic E-state index is 12.9. The Morgan fingerprint density at radius 3 is 2.55 bits per heavy atom. The second-order valence-electron chi connectivity index (χ2n) is 7.82. The molecule has 0 amide bonds. The fraction of sp³-hybridized carbons (Fsp3) is 0.320. The molecule has 150 valence electrons. The predicted octanol–water partition coefficient (Wildman–Crippen LogP) is 5.25. The van der Waals surface area contributed by atoms with E-state index in [9.17, 15) is 9.90 Å². The molecule has 0 unspecified atom stereocenters. The molecule has 2 aliphatic heterocycles. The lowest BCUT2D eigenvalue weighted by Gasteiger charge is -2.21. The number of benzene rings is 2. The lowest BCUT2D eigenvalue weighted by atomic mass is 9.99. The number of aromatic hydroxyl groups is 1. The maximum atomic E-state index is 12.9. The van der Waals surface area contributed by atoms with Gasteiger partial charge in [0.05, 0.1) is 11.1 Å². The van der Waals surface area contributed by atoms with E-state index in [4.69, 9.17) is 4.74 Å². The van der Waals surface area contributed by atoms with Gasteiger partial charge in [0.15, 0.2) is 5.76 Å². The fourth-order valence-corrected chi connectivity index (χ4v) is 4.08. The van der Waals surface area contributed by atoms with Crippen molar-refractivity contribution < 1.29 is 14.6 Å². The number of phenols is 1. The number of likely N-dealkylation sites (tertiary alicyclic amines) is 1. The molecular formula is C25H27NO3. The van der Waals surface area contributed by atoms with Gasteiger partial charge < -0.3 is 9.84 Å². The molecule has 0 saturated carbocycles. The number of Topliss-reactive ketones (excluding diaryl/α,β-unsaturated/α-hetero) is 1. The van der Waals surface area contributed by atoms with Crippen LogP contribution in [0.1, 0.15) is 52.7 Å². The molecule has 2 aromatic carbocycles. The lowest BCUT2D eigenvalue weighted by Crippen LogP contribution is -2.24. The summed E-state index contributed by atoms with van der Waals surface area (Å²) in [5.74, 6) is 0.917. The fourth-order valence-electron chi connectivity index (χ4n) is 4.08. The van der Waals surface area contributed by atoms with Crippen molar-refractivity contribution in [3.63, 3.8) is 0 Å². The van der Waals surface area contributed by atoms with Gasteiger partial charge in [-0.2, -0.15) is 0 Å². The number of rotatable bonds is 4. The van der Waals surface area contributed by atoms with Crippen LogP contribution in [0.25, 0.3) is 6.08 Å². The number of ether oxygens (including phenoxy) is 1. The standard InChI is InChI=1S/C25H27NO3/c1-18-16-21(27)20(17-26-14-7-2-3-8-15-26)25-23(18)24(28)22(29-25)13-9-12-19-10-5-4-6-11-19/h4-6,9-13,16,27H,2-3,7-8,14-15,17H2,1H3/b12-9+,22-13-.